The van der Waals surface area contributed by atoms with Crippen LogP contribution in [-0.2, 0) is 11.1 Å². The molecule has 146 valence electrons. The molecular weight excluding hydrogens is 540 g/mol. The summed E-state index contributed by atoms with van der Waals surface area (Å²) < 4.78 is 183. The molecule has 0 spiro atoms. The van der Waals surface area contributed by atoms with Crippen LogP contribution < -0.4 is 68.9 Å². The van der Waals surface area contributed by atoms with E-state index >= 15 is 0 Å². The number of hydrogen-bond donors (Lipinski definition) is 0. The molecule has 0 saturated carbocycles. The Morgan fingerprint density at radius 2 is 0.960 bits per heavy atom. The van der Waals surface area contributed by atoms with Gasteiger partial charge in [0.25, 0.3) is 0 Å². The van der Waals surface area contributed by atoms with Crippen LogP contribution in [0.15, 0.2) is 0 Å². The van der Waals surface area contributed by atoms with Crippen molar-refractivity contribution < 1.29 is 135 Å². The molecule has 25 heavy (non-hydrogen) atoms. The summed E-state index contributed by atoms with van der Waals surface area (Å²) in [5, 5.41) is 0. The molecule has 0 heterocycles. The van der Waals surface area contributed by atoms with Crippen molar-refractivity contribution in [1.29, 1.82) is 0 Å². The fourth-order valence-corrected chi connectivity index (χ4v) is 1.59. The quantitative estimate of drug-likeness (QED) is 0.355. The summed E-state index contributed by atoms with van der Waals surface area (Å²) in [5.41, 5.74) is 0. The molecule has 0 fully saturated rings. The van der Waals surface area contributed by atoms with Gasteiger partial charge in [0.1, 0.15) is 0 Å². The van der Waals surface area contributed by atoms with E-state index in [1.165, 1.54) is 0 Å². The van der Waals surface area contributed by atoms with Crippen LogP contribution in [0.25, 0.3) is 0 Å². The van der Waals surface area contributed by atoms with Crippen LogP contribution in [-0.4, -0.2) is 50.3 Å². The van der Waals surface area contributed by atoms with Gasteiger partial charge in [-0.1, -0.05) is 11.1 Å². The first kappa shape index (κ1) is 28.5. The second-order valence-electron chi connectivity index (χ2n) is 4.26. The zero-order valence-electron chi connectivity index (χ0n) is 11.6. The standard InChI is InChI=1S/C8H5F13O2S.Cs/c9-3(10,1-2-24(22)23)4(11,12)5(13,14)6(15,16)7(17,18)8(19,20)21;/h1-2H2,(H,22,23);/q;+1/p-1. The van der Waals surface area contributed by atoms with Crippen molar-refractivity contribution >= 4 is 11.1 Å². The molecule has 2 nitrogen and oxygen atoms in total. The molecule has 0 aliphatic carbocycles. The van der Waals surface area contributed by atoms with Crippen LogP contribution in [0.3, 0.4) is 0 Å². The predicted octanol–water partition coefficient (Wildman–Crippen LogP) is 0.998. The third kappa shape index (κ3) is 5.00. The second-order valence-corrected chi connectivity index (χ2v) is 5.27. The molecule has 1 atom stereocenters. The molecular formula is C8H4CsF13O2S. The first-order chi connectivity index (χ1) is 10.2. The van der Waals surface area contributed by atoms with Crippen LogP contribution in [0.5, 0.6) is 0 Å². The maximum atomic E-state index is 13.0. The Bertz CT molecular complexity index is 489. The summed E-state index contributed by atoms with van der Waals surface area (Å²) in [4.78, 5) is 0. The van der Waals surface area contributed by atoms with E-state index in [1.54, 1.807) is 0 Å². The van der Waals surface area contributed by atoms with Gasteiger partial charge in [0, 0.05) is 12.2 Å². The number of halogens is 13. The smallest absolute Gasteiger partial charge is 0.772 e. The summed E-state index contributed by atoms with van der Waals surface area (Å²) in [7, 11) is 0. The van der Waals surface area contributed by atoms with E-state index in [2.05, 4.69) is 0 Å². The zero-order valence-corrected chi connectivity index (χ0v) is 18.6. The Kier molecular flexibility index (Phi) is 9.47. The molecule has 0 amide bonds. The molecule has 0 N–H and O–H groups in total. The number of rotatable bonds is 7. The van der Waals surface area contributed by atoms with E-state index in [1.807, 2.05) is 0 Å². The summed E-state index contributed by atoms with van der Waals surface area (Å²) in [6.45, 7) is 0. The van der Waals surface area contributed by atoms with Crippen molar-refractivity contribution in [3.8, 4) is 0 Å². The minimum absolute atomic E-state index is 0. The van der Waals surface area contributed by atoms with Crippen molar-refractivity contribution in [2.24, 2.45) is 0 Å². The van der Waals surface area contributed by atoms with E-state index in [4.69, 9.17) is 0 Å². The molecule has 0 rings (SSSR count). The minimum Gasteiger partial charge on any atom is -0.772 e. The average molecular weight is 544 g/mol. The molecule has 17 heteroatoms. The summed E-state index contributed by atoms with van der Waals surface area (Å²) in [6.07, 6.45) is -10.2. The SMILES string of the molecule is O=S([O-])CCC(F)(F)C(F)(F)C(F)(F)C(F)(F)C(F)(F)C(F)(F)F.[Cs+]. The van der Waals surface area contributed by atoms with Crippen LogP contribution in [0.2, 0.25) is 0 Å². The van der Waals surface area contributed by atoms with Crippen LogP contribution in [0.1, 0.15) is 6.42 Å². The first-order valence-corrected chi connectivity index (χ1v) is 6.43. The van der Waals surface area contributed by atoms with Gasteiger partial charge in [0.05, 0.1) is 0 Å². The molecule has 0 aliphatic rings. The molecule has 0 aromatic heterocycles. The van der Waals surface area contributed by atoms with Crippen molar-refractivity contribution in [2.75, 3.05) is 5.75 Å². The van der Waals surface area contributed by atoms with Gasteiger partial charge in [-0.25, -0.2) is 0 Å². The predicted molar refractivity (Wildman–Crippen MR) is 49.2 cm³/mol. The third-order valence-corrected chi connectivity index (χ3v) is 3.12. The van der Waals surface area contributed by atoms with Gasteiger partial charge < -0.3 is 4.55 Å². The third-order valence-electron chi connectivity index (χ3n) is 2.58. The van der Waals surface area contributed by atoms with Gasteiger partial charge in [0.2, 0.25) is 0 Å². The monoisotopic (exact) mass is 544 g/mol. The molecule has 0 aromatic rings. The number of alkyl halides is 13. The Morgan fingerprint density at radius 3 is 1.24 bits per heavy atom. The van der Waals surface area contributed by atoms with E-state index in [-0.39, 0.29) is 68.9 Å². The Labute approximate surface area is 191 Å². The van der Waals surface area contributed by atoms with Crippen molar-refractivity contribution in [2.45, 2.75) is 42.2 Å². The zero-order chi connectivity index (χ0) is 20.0. The summed E-state index contributed by atoms with van der Waals surface area (Å²) >= 11 is -3.55. The van der Waals surface area contributed by atoms with Gasteiger partial charge in [0.15, 0.2) is 0 Å². The Hall–Kier alpha value is 1.25. The normalized spacial score (nSPS) is 16.4. The molecule has 0 saturated heterocycles. The first-order valence-electron chi connectivity index (χ1n) is 5.18. The summed E-state index contributed by atoms with van der Waals surface area (Å²) in [5.74, 6) is -39.4. The fraction of sp³-hybridized carbons (Fsp3) is 1.00. The number of hydrogen-bond acceptors (Lipinski definition) is 2. The van der Waals surface area contributed by atoms with Crippen molar-refractivity contribution in [3.63, 3.8) is 0 Å². The Morgan fingerprint density at radius 1 is 0.640 bits per heavy atom. The van der Waals surface area contributed by atoms with Gasteiger partial charge in [-0.05, 0) is 0 Å². The van der Waals surface area contributed by atoms with Crippen LogP contribution in [0, 0.1) is 0 Å². The molecule has 0 aliphatic heterocycles. The van der Waals surface area contributed by atoms with Gasteiger partial charge in [-0.15, -0.1) is 0 Å². The molecule has 0 radical (unpaired) electrons. The summed E-state index contributed by atoms with van der Waals surface area (Å²) in [6, 6.07) is 0. The Balaban J connectivity index is 0. The van der Waals surface area contributed by atoms with Gasteiger partial charge in [-0.3, -0.25) is 4.21 Å². The van der Waals surface area contributed by atoms with E-state index in [0.717, 1.165) is 0 Å². The van der Waals surface area contributed by atoms with Crippen molar-refractivity contribution in [3.05, 3.63) is 0 Å². The van der Waals surface area contributed by atoms with E-state index < -0.39 is 59.0 Å². The van der Waals surface area contributed by atoms with Gasteiger partial charge in [-0.2, -0.15) is 57.1 Å². The molecule has 1 unspecified atom stereocenters. The van der Waals surface area contributed by atoms with E-state index in [9.17, 15) is 65.8 Å². The van der Waals surface area contributed by atoms with Crippen LogP contribution >= 0.6 is 0 Å². The second kappa shape index (κ2) is 8.32. The molecule has 0 bridgehead atoms. The van der Waals surface area contributed by atoms with Crippen molar-refractivity contribution in [1.82, 2.24) is 0 Å². The average Bonchev–Trinajstić information content (AvgIpc) is 2.34. The largest absolute Gasteiger partial charge is 1.00 e. The van der Waals surface area contributed by atoms with Gasteiger partial charge >= 0.3 is 105 Å². The maximum absolute atomic E-state index is 13.0. The molecule has 0 aromatic carbocycles. The fourth-order valence-electron chi connectivity index (χ4n) is 1.17. The topological polar surface area (TPSA) is 40.1 Å². The van der Waals surface area contributed by atoms with Crippen LogP contribution in [0.4, 0.5) is 57.1 Å². The maximum Gasteiger partial charge on any atom is 1.00 e. The van der Waals surface area contributed by atoms with E-state index in [0.29, 0.717) is 0 Å². The minimum atomic E-state index is -7.97.